The number of primary amides is 1. The summed E-state index contributed by atoms with van der Waals surface area (Å²) in [4.78, 5) is 11.1. The van der Waals surface area contributed by atoms with Crippen molar-refractivity contribution in [2.75, 3.05) is 7.11 Å². The highest BCUT2D eigenvalue weighted by Gasteiger charge is 2.22. The topological polar surface area (TPSA) is 124 Å². The lowest BCUT2D eigenvalue weighted by atomic mass is 10.1. The number of benzene rings is 1. The lowest BCUT2D eigenvalue weighted by molar-refractivity contribution is 0.0999. The maximum Gasteiger partial charge on any atom is 0.340 e. The van der Waals surface area contributed by atoms with E-state index >= 15 is 0 Å². The van der Waals surface area contributed by atoms with Crippen LogP contribution in [0.4, 0.5) is 0 Å². The highest BCUT2D eigenvalue weighted by Crippen LogP contribution is 2.22. The zero-order chi connectivity index (χ0) is 16.3. The van der Waals surface area contributed by atoms with Gasteiger partial charge in [-0.25, -0.2) is 5.10 Å². The number of aryl methyl sites for hydroxylation is 1. The maximum absolute atomic E-state index is 12.3. The number of rotatable bonds is 6. The van der Waals surface area contributed by atoms with Crippen molar-refractivity contribution >= 4 is 16.0 Å². The number of carbonyl (C=O) groups excluding carboxylic acids is 1. The Labute approximate surface area is 127 Å². The number of amides is 1. The lowest BCUT2D eigenvalue weighted by Crippen LogP contribution is -2.16. The van der Waals surface area contributed by atoms with Crippen LogP contribution in [0.2, 0.25) is 0 Å². The molecule has 0 spiro atoms. The van der Waals surface area contributed by atoms with Gasteiger partial charge < -0.3 is 14.7 Å². The van der Waals surface area contributed by atoms with E-state index in [1.165, 1.54) is 19.2 Å². The van der Waals surface area contributed by atoms with Crippen LogP contribution in [0.3, 0.4) is 0 Å². The van der Waals surface area contributed by atoms with Crippen molar-refractivity contribution in [3.05, 3.63) is 41.1 Å². The molecule has 8 nitrogen and oxygen atoms in total. The van der Waals surface area contributed by atoms with Crippen molar-refractivity contribution in [3.8, 4) is 5.88 Å². The van der Waals surface area contributed by atoms with E-state index in [0.29, 0.717) is 5.56 Å². The highest BCUT2D eigenvalue weighted by molar-refractivity contribution is 7.87. The van der Waals surface area contributed by atoms with Gasteiger partial charge in [0.2, 0.25) is 5.88 Å². The third-order valence-corrected chi connectivity index (χ3v) is 4.19. The molecule has 0 aliphatic carbocycles. The Morgan fingerprint density at radius 1 is 1.41 bits per heavy atom. The summed E-state index contributed by atoms with van der Waals surface area (Å²) in [5.74, 6) is -1.16. The van der Waals surface area contributed by atoms with Crippen LogP contribution in [0.25, 0.3) is 0 Å². The predicted octanol–water partition coefficient (Wildman–Crippen LogP) is 0.731. The van der Waals surface area contributed by atoms with E-state index < -0.39 is 16.0 Å². The van der Waals surface area contributed by atoms with Gasteiger partial charge >= 0.3 is 10.1 Å². The zero-order valence-electron chi connectivity index (χ0n) is 12.0. The average molecular weight is 325 g/mol. The number of methoxy groups -OCH3 is 1. The van der Waals surface area contributed by atoms with Gasteiger partial charge in [0.25, 0.3) is 5.91 Å². The molecule has 0 unspecified atom stereocenters. The van der Waals surface area contributed by atoms with E-state index in [9.17, 15) is 13.2 Å². The van der Waals surface area contributed by atoms with Gasteiger partial charge in [0, 0.05) is 7.11 Å². The van der Waals surface area contributed by atoms with Crippen LogP contribution in [0, 0.1) is 6.92 Å². The molecule has 118 valence electrons. The molecule has 1 amide bonds. The molecule has 0 fully saturated rings. The van der Waals surface area contributed by atoms with Crippen LogP contribution in [0.15, 0.2) is 29.3 Å². The van der Waals surface area contributed by atoms with Gasteiger partial charge in [0.05, 0.1) is 12.8 Å². The first-order valence-electron chi connectivity index (χ1n) is 6.21. The molecule has 2 rings (SSSR count). The molecule has 1 aromatic carbocycles. The molecule has 1 aromatic heterocycles. The number of nitrogens with zero attached hydrogens (tertiary/aromatic N) is 1. The van der Waals surface area contributed by atoms with Crippen LogP contribution < -0.4 is 9.92 Å². The molecular weight excluding hydrogens is 310 g/mol. The quantitative estimate of drug-likeness (QED) is 0.754. The summed E-state index contributed by atoms with van der Waals surface area (Å²) in [5, 5.41) is 5.83. The summed E-state index contributed by atoms with van der Waals surface area (Å²) in [6.07, 6.45) is 1.10. The van der Waals surface area contributed by atoms with Gasteiger partial charge in [0.1, 0.15) is 10.5 Å². The molecule has 2 aromatic rings. The second-order valence-electron chi connectivity index (χ2n) is 4.54. The van der Waals surface area contributed by atoms with Crippen molar-refractivity contribution in [3.63, 3.8) is 0 Å². The SMILES string of the molecule is COCc1cc(S(=O)(=O)Oc2[nH]ncc2C(N)=O)ccc1C. The summed E-state index contributed by atoms with van der Waals surface area (Å²) in [6.45, 7) is 2.11. The minimum Gasteiger partial charge on any atom is -0.380 e. The standard InChI is InChI=1S/C13H15N3O5S/c1-8-3-4-10(5-9(8)7-20-2)22(18,19)21-13-11(12(14)17)6-15-16-13/h3-6H,7H2,1-2H3,(H2,14,17)(H,15,16). The van der Waals surface area contributed by atoms with E-state index in [-0.39, 0.29) is 22.9 Å². The molecule has 0 radical (unpaired) electrons. The molecule has 1 heterocycles. The van der Waals surface area contributed by atoms with Crippen LogP contribution in [0.1, 0.15) is 21.5 Å². The Hall–Kier alpha value is -2.39. The third-order valence-electron chi connectivity index (χ3n) is 2.97. The van der Waals surface area contributed by atoms with Crippen molar-refractivity contribution < 1.29 is 22.1 Å². The van der Waals surface area contributed by atoms with E-state index in [4.69, 9.17) is 14.7 Å². The first-order chi connectivity index (χ1) is 10.3. The summed E-state index contributed by atoms with van der Waals surface area (Å²) in [5.41, 5.74) is 6.57. The van der Waals surface area contributed by atoms with Gasteiger partial charge in [0.15, 0.2) is 0 Å². The van der Waals surface area contributed by atoms with E-state index in [1.54, 1.807) is 6.07 Å². The van der Waals surface area contributed by atoms with E-state index in [1.807, 2.05) is 6.92 Å². The smallest absolute Gasteiger partial charge is 0.340 e. The normalized spacial score (nSPS) is 11.4. The van der Waals surface area contributed by atoms with Gasteiger partial charge in [-0.1, -0.05) is 6.07 Å². The Bertz CT molecular complexity index is 798. The number of ether oxygens (including phenoxy) is 1. The molecule has 0 saturated heterocycles. The Morgan fingerprint density at radius 2 is 2.14 bits per heavy atom. The van der Waals surface area contributed by atoms with E-state index in [2.05, 4.69) is 10.2 Å². The first kappa shape index (κ1) is 16.0. The number of aromatic amines is 1. The molecule has 0 aliphatic rings. The van der Waals surface area contributed by atoms with Crippen LogP contribution in [0.5, 0.6) is 5.88 Å². The van der Waals surface area contributed by atoms with Crippen molar-refractivity contribution in [2.45, 2.75) is 18.4 Å². The Kier molecular flexibility index (Phi) is 4.48. The molecular formula is C13H15N3O5S. The van der Waals surface area contributed by atoms with Gasteiger partial charge in [-0.15, -0.1) is 0 Å². The predicted molar refractivity (Wildman–Crippen MR) is 76.8 cm³/mol. The second kappa shape index (κ2) is 6.16. The minimum atomic E-state index is -4.13. The number of aromatic nitrogens is 2. The highest BCUT2D eigenvalue weighted by atomic mass is 32.2. The van der Waals surface area contributed by atoms with Crippen LogP contribution in [-0.2, 0) is 21.5 Å². The molecule has 22 heavy (non-hydrogen) atoms. The maximum atomic E-state index is 12.3. The first-order valence-corrected chi connectivity index (χ1v) is 7.62. The summed E-state index contributed by atoms with van der Waals surface area (Å²) >= 11 is 0. The molecule has 0 atom stereocenters. The molecule has 0 saturated carbocycles. The second-order valence-corrected chi connectivity index (χ2v) is 6.08. The van der Waals surface area contributed by atoms with Crippen LogP contribution in [-0.4, -0.2) is 31.6 Å². The van der Waals surface area contributed by atoms with Crippen LogP contribution >= 0.6 is 0 Å². The van der Waals surface area contributed by atoms with E-state index in [0.717, 1.165) is 11.8 Å². The third kappa shape index (κ3) is 3.26. The number of nitrogens with two attached hydrogens (primary N) is 1. The lowest BCUT2D eigenvalue weighted by Gasteiger charge is -2.09. The minimum absolute atomic E-state index is 0.0600. The molecule has 0 bridgehead atoms. The molecule has 9 heteroatoms. The Morgan fingerprint density at radius 3 is 2.77 bits per heavy atom. The van der Waals surface area contributed by atoms with Gasteiger partial charge in [-0.3, -0.25) is 4.79 Å². The molecule has 0 aliphatic heterocycles. The van der Waals surface area contributed by atoms with Gasteiger partial charge in [-0.2, -0.15) is 13.5 Å². The number of H-pyrrole nitrogens is 1. The number of nitrogens with one attached hydrogen (secondary N) is 1. The fraction of sp³-hybridized carbons (Fsp3) is 0.231. The van der Waals surface area contributed by atoms with Crippen molar-refractivity contribution in [2.24, 2.45) is 5.73 Å². The average Bonchev–Trinajstić information content (AvgIpc) is 2.89. The number of hydrogen-bond donors (Lipinski definition) is 2. The van der Waals surface area contributed by atoms with Crippen molar-refractivity contribution in [1.29, 1.82) is 0 Å². The molecule has 3 N–H and O–H groups in total. The Balaban J connectivity index is 2.36. The van der Waals surface area contributed by atoms with Crippen molar-refractivity contribution in [1.82, 2.24) is 10.2 Å². The number of carbonyl (C=O) groups is 1. The largest absolute Gasteiger partial charge is 0.380 e. The number of hydrogen-bond acceptors (Lipinski definition) is 6. The summed E-state index contributed by atoms with van der Waals surface area (Å²) in [6, 6.07) is 4.51. The summed E-state index contributed by atoms with van der Waals surface area (Å²) < 4.78 is 34.5. The fourth-order valence-corrected chi connectivity index (χ4v) is 2.75. The summed E-state index contributed by atoms with van der Waals surface area (Å²) in [7, 11) is -2.62. The fourth-order valence-electron chi connectivity index (χ4n) is 1.79. The zero-order valence-corrected chi connectivity index (χ0v) is 12.8. The van der Waals surface area contributed by atoms with Gasteiger partial charge in [-0.05, 0) is 30.2 Å². The monoisotopic (exact) mass is 325 g/mol.